The summed E-state index contributed by atoms with van der Waals surface area (Å²) in [6.07, 6.45) is 8.98. The van der Waals surface area contributed by atoms with E-state index in [2.05, 4.69) is 27.0 Å². The Morgan fingerprint density at radius 1 is 1.40 bits per heavy atom. The summed E-state index contributed by atoms with van der Waals surface area (Å²) >= 11 is 0. The molecule has 1 aromatic carbocycles. The maximum Gasteiger partial charge on any atom is 0.220 e. The van der Waals surface area contributed by atoms with Crippen LogP contribution >= 0.6 is 0 Å². The number of imidazole rings is 1. The monoisotopic (exact) mass is 269 g/mol. The molecule has 1 aliphatic rings. The fourth-order valence-corrected chi connectivity index (χ4v) is 2.68. The molecular formula is C16H19N3O. The molecule has 1 aliphatic carbocycles. The van der Waals surface area contributed by atoms with Gasteiger partial charge in [0.1, 0.15) is 0 Å². The molecule has 1 amide bonds. The van der Waals surface area contributed by atoms with Crippen molar-refractivity contribution in [3.63, 3.8) is 0 Å². The Morgan fingerprint density at radius 2 is 2.30 bits per heavy atom. The number of nitrogens with zero attached hydrogens (tertiary/aromatic N) is 2. The third-order valence-electron chi connectivity index (χ3n) is 3.76. The van der Waals surface area contributed by atoms with Gasteiger partial charge in [0.15, 0.2) is 0 Å². The summed E-state index contributed by atoms with van der Waals surface area (Å²) < 4.78 is 2.07. The van der Waals surface area contributed by atoms with Gasteiger partial charge in [0.2, 0.25) is 5.91 Å². The highest BCUT2D eigenvalue weighted by molar-refractivity contribution is 5.76. The van der Waals surface area contributed by atoms with Gasteiger partial charge in [-0.25, -0.2) is 4.98 Å². The first-order valence-corrected chi connectivity index (χ1v) is 7.16. The molecule has 0 aliphatic heterocycles. The standard InChI is InChI=1S/C16H19N3O/c20-16(11-13-5-1-2-6-13)17-9-10-19-12-18-14-7-3-4-8-15(14)19/h1,3-5,7-8,12-13H,2,6,9-11H2,(H,17,20). The average molecular weight is 269 g/mol. The lowest BCUT2D eigenvalue weighted by atomic mass is 10.1. The van der Waals surface area contributed by atoms with Gasteiger partial charge in [0.05, 0.1) is 17.4 Å². The smallest absolute Gasteiger partial charge is 0.220 e. The average Bonchev–Trinajstić information content (AvgIpc) is 3.09. The van der Waals surface area contributed by atoms with Crippen molar-refractivity contribution in [3.8, 4) is 0 Å². The van der Waals surface area contributed by atoms with E-state index >= 15 is 0 Å². The van der Waals surface area contributed by atoms with Crippen LogP contribution in [0.2, 0.25) is 0 Å². The Kier molecular flexibility index (Phi) is 3.81. The van der Waals surface area contributed by atoms with E-state index in [-0.39, 0.29) is 5.91 Å². The number of para-hydroxylation sites is 2. The van der Waals surface area contributed by atoms with E-state index in [0.717, 1.165) is 30.4 Å². The number of allylic oxidation sites excluding steroid dienone is 2. The Balaban J connectivity index is 1.49. The van der Waals surface area contributed by atoms with Crippen molar-refractivity contribution >= 4 is 16.9 Å². The number of fused-ring (bicyclic) bond motifs is 1. The molecule has 1 heterocycles. The lowest BCUT2D eigenvalue weighted by Gasteiger charge is -2.09. The van der Waals surface area contributed by atoms with Crippen molar-refractivity contribution in [1.29, 1.82) is 0 Å². The second-order valence-electron chi connectivity index (χ2n) is 5.25. The van der Waals surface area contributed by atoms with Crippen LogP contribution in [0.4, 0.5) is 0 Å². The Labute approximate surface area is 118 Å². The Hall–Kier alpha value is -2.10. The van der Waals surface area contributed by atoms with Gasteiger partial charge in [-0.2, -0.15) is 0 Å². The first-order chi connectivity index (χ1) is 9.83. The van der Waals surface area contributed by atoms with E-state index in [1.807, 2.05) is 30.6 Å². The van der Waals surface area contributed by atoms with Crippen LogP contribution in [0.3, 0.4) is 0 Å². The maximum atomic E-state index is 11.8. The van der Waals surface area contributed by atoms with Crippen LogP contribution in [-0.4, -0.2) is 22.0 Å². The van der Waals surface area contributed by atoms with Crippen LogP contribution in [0.15, 0.2) is 42.7 Å². The van der Waals surface area contributed by atoms with E-state index in [1.165, 1.54) is 0 Å². The molecule has 0 saturated carbocycles. The van der Waals surface area contributed by atoms with Gasteiger partial charge in [-0.05, 0) is 30.9 Å². The van der Waals surface area contributed by atoms with E-state index in [4.69, 9.17) is 0 Å². The number of amides is 1. The molecule has 3 rings (SSSR count). The van der Waals surface area contributed by atoms with E-state index < -0.39 is 0 Å². The molecule has 20 heavy (non-hydrogen) atoms. The lowest BCUT2D eigenvalue weighted by Crippen LogP contribution is -2.28. The minimum absolute atomic E-state index is 0.144. The Morgan fingerprint density at radius 3 is 3.15 bits per heavy atom. The van der Waals surface area contributed by atoms with Gasteiger partial charge in [0.25, 0.3) is 0 Å². The quantitative estimate of drug-likeness (QED) is 0.848. The first-order valence-electron chi connectivity index (χ1n) is 7.16. The molecule has 0 saturated heterocycles. The van der Waals surface area contributed by atoms with Crippen LogP contribution in [-0.2, 0) is 11.3 Å². The molecule has 2 aromatic rings. The minimum atomic E-state index is 0.144. The summed E-state index contributed by atoms with van der Waals surface area (Å²) in [5.74, 6) is 0.579. The third-order valence-corrected chi connectivity index (χ3v) is 3.76. The third kappa shape index (κ3) is 2.90. The summed E-state index contributed by atoms with van der Waals surface area (Å²) in [7, 11) is 0. The van der Waals surface area contributed by atoms with Crippen LogP contribution in [0.1, 0.15) is 19.3 Å². The number of aromatic nitrogens is 2. The summed E-state index contributed by atoms with van der Waals surface area (Å²) in [6, 6.07) is 8.03. The number of carbonyl (C=O) groups excluding carboxylic acids is 1. The van der Waals surface area contributed by atoms with Crippen molar-refractivity contribution in [3.05, 3.63) is 42.7 Å². The molecule has 0 bridgehead atoms. The van der Waals surface area contributed by atoms with Gasteiger partial charge in [-0.3, -0.25) is 4.79 Å². The summed E-state index contributed by atoms with van der Waals surface area (Å²) in [4.78, 5) is 16.2. The van der Waals surface area contributed by atoms with Crippen molar-refractivity contribution in [2.75, 3.05) is 6.54 Å². The first kappa shape index (κ1) is 12.9. The zero-order chi connectivity index (χ0) is 13.8. The summed E-state index contributed by atoms with van der Waals surface area (Å²) in [5.41, 5.74) is 2.11. The van der Waals surface area contributed by atoms with Gasteiger partial charge < -0.3 is 9.88 Å². The molecule has 0 fully saturated rings. The molecule has 4 heteroatoms. The van der Waals surface area contributed by atoms with Crippen molar-refractivity contribution in [1.82, 2.24) is 14.9 Å². The van der Waals surface area contributed by atoms with E-state index in [9.17, 15) is 4.79 Å². The van der Waals surface area contributed by atoms with E-state index in [0.29, 0.717) is 18.9 Å². The second kappa shape index (κ2) is 5.90. The van der Waals surface area contributed by atoms with Gasteiger partial charge >= 0.3 is 0 Å². The number of rotatable bonds is 5. The second-order valence-corrected chi connectivity index (χ2v) is 5.25. The van der Waals surface area contributed by atoms with Gasteiger partial charge in [-0.1, -0.05) is 24.3 Å². The fraction of sp³-hybridized carbons (Fsp3) is 0.375. The van der Waals surface area contributed by atoms with Gasteiger partial charge in [-0.15, -0.1) is 0 Å². The number of hydrogen-bond acceptors (Lipinski definition) is 2. The number of benzene rings is 1. The van der Waals surface area contributed by atoms with Crippen molar-refractivity contribution in [2.45, 2.75) is 25.8 Å². The largest absolute Gasteiger partial charge is 0.354 e. The van der Waals surface area contributed by atoms with Gasteiger partial charge in [0, 0.05) is 19.5 Å². The number of nitrogens with one attached hydrogen (secondary N) is 1. The molecule has 1 N–H and O–H groups in total. The van der Waals surface area contributed by atoms with Crippen LogP contribution < -0.4 is 5.32 Å². The summed E-state index contributed by atoms with van der Waals surface area (Å²) in [6.45, 7) is 1.41. The minimum Gasteiger partial charge on any atom is -0.354 e. The molecule has 4 nitrogen and oxygen atoms in total. The lowest BCUT2D eigenvalue weighted by molar-refractivity contribution is -0.121. The van der Waals surface area contributed by atoms with Crippen LogP contribution in [0.5, 0.6) is 0 Å². The molecule has 1 aromatic heterocycles. The molecular weight excluding hydrogens is 250 g/mol. The van der Waals surface area contributed by atoms with Crippen molar-refractivity contribution < 1.29 is 4.79 Å². The topological polar surface area (TPSA) is 46.9 Å². The highest BCUT2D eigenvalue weighted by Gasteiger charge is 2.13. The molecule has 1 atom stereocenters. The molecule has 0 radical (unpaired) electrons. The zero-order valence-electron chi connectivity index (χ0n) is 11.5. The maximum absolute atomic E-state index is 11.8. The fourth-order valence-electron chi connectivity index (χ4n) is 2.68. The zero-order valence-corrected chi connectivity index (χ0v) is 11.5. The van der Waals surface area contributed by atoms with Crippen LogP contribution in [0, 0.1) is 5.92 Å². The molecule has 1 unspecified atom stereocenters. The number of hydrogen-bond donors (Lipinski definition) is 1. The number of carbonyl (C=O) groups is 1. The Bertz CT molecular complexity index is 629. The van der Waals surface area contributed by atoms with E-state index in [1.54, 1.807) is 0 Å². The summed E-state index contributed by atoms with van der Waals surface area (Å²) in [5, 5.41) is 2.99. The predicted molar refractivity (Wildman–Crippen MR) is 79.2 cm³/mol. The van der Waals surface area contributed by atoms with Crippen LogP contribution in [0.25, 0.3) is 11.0 Å². The molecule has 0 spiro atoms. The predicted octanol–water partition coefficient (Wildman–Crippen LogP) is 2.51. The highest BCUT2D eigenvalue weighted by Crippen LogP contribution is 2.19. The van der Waals surface area contributed by atoms with Crippen molar-refractivity contribution in [2.24, 2.45) is 5.92 Å². The normalized spacial score (nSPS) is 17.7. The SMILES string of the molecule is O=C(CC1C=CCC1)NCCn1cnc2ccccc21. The highest BCUT2D eigenvalue weighted by atomic mass is 16.1. The molecule has 104 valence electrons.